The first-order valence-corrected chi connectivity index (χ1v) is 4.17. The van der Waals surface area contributed by atoms with E-state index in [1.165, 1.54) is 0 Å². The van der Waals surface area contributed by atoms with Crippen molar-refractivity contribution in [3.8, 4) is 0 Å². The lowest BCUT2D eigenvalue weighted by atomic mass is 10.1. The molecule has 0 amide bonds. The maximum Gasteiger partial charge on any atom is 0.0771 e. The van der Waals surface area contributed by atoms with E-state index in [0.717, 1.165) is 12.8 Å². The second kappa shape index (κ2) is 6.58. The predicted octanol–water partition coefficient (Wildman–Crippen LogP) is 0.281. The van der Waals surface area contributed by atoms with E-state index in [-0.39, 0.29) is 12.7 Å². The summed E-state index contributed by atoms with van der Waals surface area (Å²) in [5, 5.41) is 26.6. The van der Waals surface area contributed by atoms with Crippen LogP contribution in [0.2, 0.25) is 0 Å². The van der Waals surface area contributed by atoms with Gasteiger partial charge in [0.1, 0.15) is 0 Å². The largest absolute Gasteiger partial charge is 0.394 e. The van der Waals surface area contributed by atoms with Gasteiger partial charge < -0.3 is 15.3 Å². The lowest BCUT2D eigenvalue weighted by Gasteiger charge is -2.11. The highest BCUT2D eigenvalue weighted by Crippen LogP contribution is 2.06. The number of hydrogen-bond donors (Lipinski definition) is 3. The molecule has 11 heavy (non-hydrogen) atoms. The molecule has 3 N–H and O–H groups in total. The van der Waals surface area contributed by atoms with Crippen molar-refractivity contribution in [2.45, 2.75) is 44.8 Å². The molecule has 2 atom stereocenters. The van der Waals surface area contributed by atoms with Crippen LogP contribution >= 0.6 is 0 Å². The number of hydrogen-bond acceptors (Lipinski definition) is 3. The van der Waals surface area contributed by atoms with Gasteiger partial charge in [0.05, 0.1) is 18.8 Å². The van der Waals surface area contributed by atoms with Crippen LogP contribution in [0.15, 0.2) is 0 Å². The van der Waals surface area contributed by atoms with Crippen LogP contribution in [0.5, 0.6) is 0 Å². The fourth-order valence-corrected chi connectivity index (χ4v) is 0.954. The van der Waals surface area contributed by atoms with E-state index < -0.39 is 6.10 Å². The Morgan fingerprint density at radius 1 is 1.00 bits per heavy atom. The summed E-state index contributed by atoms with van der Waals surface area (Å²) in [7, 11) is 0. The molecule has 3 nitrogen and oxygen atoms in total. The summed E-state index contributed by atoms with van der Waals surface area (Å²) < 4.78 is 0. The second-order valence-corrected chi connectivity index (χ2v) is 2.86. The van der Waals surface area contributed by atoms with Crippen molar-refractivity contribution in [1.82, 2.24) is 0 Å². The second-order valence-electron chi connectivity index (χ2n) is 2.86. The SMILES string of the molecule is CCCC(O)CCC(O)CO. The maximum atomic E-state index is 9.20. The van der Waals surface area contributed by atoms with E-state index in [2.05, 4.69) is 0 Å². The smallest absolute Gasteiger partial charge is 0.0771 e. The summed E-state index contributed by atoms with van der Waals surface area (Å²) in [5.74, 6) is 0. The number of aliphatic hydroxyl groups is 3. The van der Waals surface area contributed by atoms with Crippen LogP contribution in [0.3, 0.4) is 0 Å². The van der Waals surface area contributed by atoms with Gasteiger partial charge in [0.25, 0.3) is 0 Å². The Hall–Kier alpha value is -0.120. The minimum absolute atomic E-state index is 0.209. The van der Waals surface area contributed by atoms with Crippen LogP contribution in [-0.4, -0.2) is 34.1 Å². The van der Waals surface area contributed by atoms with E-state index in [0.29, 0.717) is 12.8 Å². The molecule has 0 radical (unpaired) electrons. The Kier molecular flexibility index (Phi) is 6.51. The monoisotopic (exact) mass is 162 g/mol. The third kappa shape index (κ3) is 6.28. The van der Waals surface area contributed by atoms with Gasteiger partial charge in [0, 0.05) is 0 Å². The van der Waals surface area contributed by atoms with Crippen LogP contribution in [-0.2, 0) is 0 Å². The van der Waals surface area contributed by atoms with Crippen molar-refractivity contribution in [2.75, 3.05) is 6.61 Å². The number of aliphatic hydroxyl groups excluding tert-OH is 3. The maximum absolute atomic E-state index is 9.20. The van der Waals surface area contributed by atoms with Gasteiger partial charge in [-0.25, -0.2) is 0 Å². The highest BCUT2D eigenvalue weighted by Gasteiger charge is 2.06. The van der Waals surface area contributed by atoms with E-state index >= 15 is 0 Å². The summed E-state index contributed by atoms with van der Waals surface area (Å²) in [4.78, 5) is 0. The van der Waals surface area contributed by atoms with E-state index in [1.807, 2.05) is 6.92 Å². The van der Waals surface area contributed by atoms with E-state index in [1.54, 1.807) is 0 Å². The first kappa shape index (κ1) is 10.9. The molecule has 0 saturated heterocycles. The Bertz CT molecular complexity index is 85.4. The van der Waals surface area contributed by atoms with E-state index in [4.69, 9.17) is 10.2 Å². The molecule has 0 aromatic rings. The van der Waals surface area contributed by atoms with Gasteiger partial charge >= 0.3 is 0 Å². The van der Waals surface area contributed by atoms with Crippen LogP contribution < -0.4 is 0 Å². The molecule has 0 heterocycles. The predicted molar refractivity (Wildman–Crippen MR) is 43.2 cm³/mol. The molecule has 0 bridgehead atoms. The molecule has 3 heteroatoms. The third-order valence-corrected chi connectivity index (χ3v) is 1.67. The first-order valence-electron chi connectivity index (χ1n) is 4.17. The topological polar surface area (TPSA) is 60.7 Å². The van der Waals surface area contributed by atoms with Gasteiger partial charge in [-0.15, -0.1) is 0 Å². The molecule has 0 aromatic carbocycles. The molecule has 0 rings (SSSR count). The Balaban J connectivity index is 3.22. The van der Waals surface area contributed by atoms with Gasteiger partial charge in [-0.3, -0.25) is 0 Å². The normalized spacial score (nSPS) is 16.4. The molecule has 0 fully saturated rings. The van der Waals surface area contributed by atoms with Crippen molar-refractivity contribution in [3.05, 3.63) is 0 Å². The van der Waals surface area contributed by atoms with Gasteiger partial charge in [0.15, 0.2) is 0 Å². The zero-order valence-electron chi connectivity index (χ0n) is 7.03. The lowest BCUT2D eigenvalue weighted by Crippen LogP contribution is -2.16. The Morgan fingerprint density at radius 2 is 1.55 bits per heavy atom. The first-order chi connectivity index (χ1) is 5.20. The average Bonchev–Trinajstić information content (AvgIpc) is 2.01. The summed E-state index contributed by atoms with van der Waals surface area (Å²) in [6, 6.07) is 0. The van der Waals surface area contributed by atoms with Crippen molar-refractivity contribution >= 4 is 0 Å². The quantitative estimate of drug-likeness (QED) is 0.525. The zero-order chi connectivity index (χ0) is 8.69. The van der Waals surface area contributed by atoms with E-state index in [9.17, 15) is 5.11 Å². The van der Waals surface area contributed by atoms with Crippen molar-refractivity contribution in [2.24, 2.45) is 0 Å². The minimum Gasteiger partial charge on any atom is -0.394 e. The molecule has 2 unspecified atom stereocenters. The lowest BCUT2D eigenvalue weighted by molar-refractivity contribution is 0.0664. The molecule has 0 aromatic heterocycles. The van der Waals surface area contributed by atoms with Gasteiger partial charge in [-0.1, -0.05) is 13.3 Å². The number of rotatable bonds is 6. The molecular weight excluding hydrogens is 144 g/mol. The van der Waals surface area contributed by atoms with Crippen LogP contribution in [0.25, 0.3) is 0 Å². The summed E-state index contributed by atoms with van der Waals surface area (Å²) in [6.07, 6.45) is 1.81. The molecule has 0 spiro atoms. The fourth-order valence-electron chi connectivity index (χ4n) is 0.954. The third-order valence-electron chi connectivity index (χ3n) is 1.67. The molecule has 0 aliphatic rings. The van der Waals surface area contributed by atoms with Crippen LogP contribution in [0.4, 0.5) is 0 Å². The molecular formula is C8H18O3. The van der Waals surface area contributed by atoms with Gasteiger partial charge in [-0.05, 0) is 19.3 Å². The highest BCUT2D eigenvalue weighted by molar-refractivity contribution is 4.59. The van der Waals surface area contributed by atoms with Crippen molar-refractivity contribution < 1.29 is 15.3 Å². The van der Waals surface area contributed by atoms with Crippen LogP contribution in [0, 0.1) is 0 Å². The van der Waals surface area contributed by atoms with Gasteiger partial charge in [-0.2, -0.15) is 0 Å². The summed E-state index contributed by atoms with van der Waals surface area (Å²) in [5.41, 5.74) is 0. The Labute approximate surface area is 67.7 Å². The molecule has 68 valence electrons. The highest BCUT2D eigenvalue weighted by atomic mass is 16.3. The van der Waals surface area contributed by atoms with Gasteiger partial charge in [0.2, 0.25) is 0 Å². The summed E-state index contributed by atoms with van der Waals surface area (Å²) in [6.45, 7) is 1.80. The Morgan fingerprint density at radius 3 is 2.00 bits per heavy atom. The fraction of sp³-hybridized carbons (Fsp3) is 1.00. The minimum atomic E-state index is -0.665. The zero-order valence-corrected chi connectivity index (χ0v) is 7.03. The molecule has 0 saturated carbocycles. The summed E-state index contributed by atoms with van der Waals surface area (Å²) >= 11 is 0. The average molecular weight is 162 g/mol. The molecule has 0 aliphatic carbocycles. The standard InChI is InChI=1S/C8H18O3/c1-2-3-7(10)4-5-8(11)6-9/h7-11H,2-6H2,1H3. The van der Waals surface area contributed by atoms with Crippen molar-refractivity contribution in [3.63, 3.8) is 0 Å². The van der Waals surface area contributed by atoms with Crippen molar-refractivity contribution in [1.29, 1.82) is 0 Å². The molecule has 0 aliphatic heterocycles. The van der Waals surface area contributed by atoms with Crippen LogP contribution in [0.1, 0.15) is 32.6 Å².